The van der Waals surface area contributed by atoms with E-state index in [1.807, 2.05) is 24.3 Å². The normalized spacial score (nSPS) is 12.4. The van der Waals surface area contributed by atoms with Gasteiger partial charge in [-0.25, -0.2) is 0 Å². The van der Waals surface area contributed by atoms with Crippen LogP contribution >= 0.6 is 0 Å². The fourth-order valence-corrected chi connectivity index (χ4v) is 2.19. The minimum atomic E-state index is -0.888. The van der Waals surface area contributed by atoms with Crippen LogP contribution in [0.25, 0.3) is 0 Å². The molecule has 1 aromatic carbocycles. The maximum absolute atomic E-state index is 11.5. The first kappa shape index (κ1) is 11.2. The first-order chi connectivity index (χ1) is 6.77. The molecule has 4 heteroatoms. The van der Waals surface area contributed by atoms with Crippen molar-refractivity contribution in [2.75, 3.05) is 19.4 Å². The maximum Gasteiger partial charge on any atom is 0.122 e. The van der Waals surface area contributed by atoms with Crippen molar-refractivity contribution in [1.82, 2.24) is 0 Å². The summed E-state index contributed by atoms with van der Waals surface area (Å²) in [6, 6.07) is 7.61. The Bertz CT molecular complexity index is 315. The van der Waals surface area contributed by atoms with Crippen LogP contribution in [0.15, 0.2) is 24.3 Å². The highest BCUT2D eigenvalue weighted by atomic mass is 32.2. The van der Waals surface area contributed by atoms with Gasteiger partial charge in [0.15, 0.2) is 0 Å². The number of hydrogen-bond donors (Lipinski definition) is 1. The number of benzene rings is 1. The fraction of sp³-hybridized carbons (Fsp3) is 0.400. The molecule has 0 aliphatic heterocycles. The van der Waals surface area contributed by atoms with E-state index in [4.69, 9.17) is 10.5 Å². The second kappa shape index (κ2) is 5.78. The zero-order chi connectivity index (χ0) is 10.4. The molecule has 2 N–H and O–H groups in total. The van der Waals surface area contributed by atoms with Crippen molar-refractivity contribution in [3.05, 3.63) is 29.8 Å². The van der Waals surface area contributed by atoms with E-state index in [1.165, 1.54) is 0 Å². The average Bonchev–Trinajstić information content (AvgIpc) is 2.19. The molecular formula is C10H15NO2S. The van der Waals surface area contributed by atoms with Crippen LogP contribution < -0.4 is 10.5 Å². The van der Waals surface area contributed by atoms with Gasteiger partial charge in [0.2, 0.25) is 0 Å². The molecule has 78 valence electrons. The van der Waals surface area contributed by atoms with Crippen molar-refractivity contribution < 1.29 is 8.95 Å². The Morgan fingerprint density at radius 1 is 1.43 bits per heavy atom. The summed E-state index contributed by atoms with van der Waals surface area (Å²) >= 11 is 0. The smallest absolute Gasteiger partial charge is 0.122 e. The number of rotatable bonds is 5. The van der Waals surface area contributed by atoms with E-state index < -0.39 is 10.8 Å². The zero-order valence-electron chi connectivity index (χ0n) is 8.23. The van der Waals surface area contributed by atoms with Gasteiger partial charge in [0.25, 0.3) is 0 Å². The van der Waals surface area contributed by atoms with E-state index in [9.17, 15) is 4.21 Å². The Balaban J connectivity index is 2.70. The quantitative estimate of drug-likeness (QED) is 0.790. The SMILES string of the molecule is COc1ccccc1CS(=O)CCN. The number of hydrogen-bond acceptors (Lipinski definition) is 3. The fourth-order valence-electron chi connectivity index (χ4n) is 1.20. The summed E-state index contributed by atoms with van der Waals surface area (Å²) in [5, 5.41) is 0. The van der Waals surface area contributed by atoms with Gasteiger partial charge in [0, 0.05) is 28.7 Å². The third kappa shape index (κ3) is 3.12. The van der Waals surface area contributed by atoms with E-state index in [-0.39, 0.29) is 0 Å². The number of ether oxygens (including phenoxy) is 1. The van der Waals surface area contributed by atoms with Crippen LogP contribution in [0, 0.1) is 0 Å². The lowest BCUT2D eigenvalue weighted by molar-refractivity contribution is 0.411. The largest absolute Gasteiger partial charge is 0.496 e. The van der Waals surface area contributed by atoms with E-state index in [0.717, 1.165) is 11.3 Å². The van der Waals surface area contributed by atoms with Crippen LogP contribution in [0.1, 0.15) is 5.56 Å². The van der Waals surface area contributed by atoms with Crippen molar-refractivity contribution in [2.45, 2.75) is 5.75 Å². The first-order valence-electron chi connectivity index (χ1n) is 4.45. The minimum absolute atomic E-state index is 0.460. The average molecular weight is 213 g/mol. The molecule has 1 rings (SSSR count). The van der Waals surface area contributed by atoms with Crippen LogP contribution in [-0.4, -0.2) is 23.6 Å². The van der Waals surface area contributed by atoms with Crippen molar-refractivity contribution in [2.24, 2.45) is 5.73 Å². The van der Waals surface area contributed by atoms with E-state index in [1.54, 1.807) is 7.11 Å². The van der Waals surface area contributed by atoms with Gasteiger partial charge in [0.1, 0.15) is 5.75 Å². The van der Waals surface area contributed by atoms with Crippen LogP contribution in [0.4, 0.5) is 0 Å². The molecule has 1 unspecified atom stereocenters. The monoisotopic (exact) mass is 213 g/mol. The highest BCUT2D eigenvalue weighted by Crippen LogP contribution is 2.18. The van der Waals surface area contributed by atoms with Gasteiger partial charge in [0.05, 0.1) is 12.9 Å². The summed E-state index contributed by atoms with van der Waals surface area (Å²) in [4.78, 5) is 0. The molecule has 0 fully saturated rings. The molecule has 1 aromatic rings. The topological polar surface area (TPSA) is 52.3 Å². The van der Waals surface area contributed by atoms with E-state index >= 15 is 0 Å². The standard InChI is InChI=1S/C10H15NO2S/c1-13-10-5-3-2-4-9(10)8-14(12)7-6-11/h2-5H,6-8,11H2,1H3. The lowest BCUT2D eigenvalue weighted by Crippen LogP contribution is -2.11. The molecule has 0 aliphatic rings. The highest BCUT2D eigenvalue weighted by Gasteiger charge is 2.05. The van der Waals surface area contributed by atoms with Gasteiger partial charge in [-0.15, -0.1) is 0 Å². The van der Waals surface area contributed by atoms with Crippen LogP contribution in [0.5, 0.6) is 5.75 Å². The molecule has 0 radical (unpaired) electrons. The lowest BCUT2D eigenvalue weighted by Gasteiger charge is -2.07. The van der Waals surface area contributed by atoms with Gasteiger partial charge >= 0.3 is 0 Å². The van der Waals surface area contributed by atoms with Crippen molar-refractivity contribution in [3.63, 3.8) is 0 Å². The van der Waals surface area contributed by atoms with Gasteiger partial charge in [-0.3, -0.25) is 4.21 Å². The maximum atomic E-state index is 11.5. The van der Waals surface area contributed by atoms with Crippen LogP contribution in [0.3, 0.4) is 0 Å². The first-order valence-corrected chi connectivity index (χ1v) is 5.93. The van der Waals surface area contributed by atoms with Gasteiger partial charge < -0.3 is 10.5 Å². The Morgan fingerprint density at radius 3 is 2.79 bits per heavy atom. The molecule has 1 atom stereocenters. The van der Waals surface area contributed by atoms with Crippen molar-refractivity contribution in [1.29, 1.82) is 0 Å². The van der Waals surface area contributed by atoms with Gasteiger partial charge in [-0.2, -0.15) is 0 Å². The second-order valence-corrected chi connectivity index (χ2v) is 4.47. The molecule has 0 saturated carbocycles. The molecule has 14 heavy (non-hydrogen) atoms. The third-order valence-corrected chi connectivity index (χ3v) is 3.18. The molecule has 0 spiro atoms. The number of methoxy groups -OCH3 is 1. The Hall–Kier alpha value is -0.870. The molecule has 0 aliphatic carbocycles. The lowest BCUT2D eigenvalue weighted by atomic mass is 10.2. The van der Waals surface area contributed by atoms with Crippen LogP contribution in [0.2, 0.25) is 0 Å². The van der Waals surface area contributed by atoms with Crippen LogP contribution in [-0.2, 0) is 16.6 Å². The van der Waals surface area contributed by atoms with Crippen molar-refractivity contribution >= 4 is 10.8 Å². The predicted octanol–water partition coefficient (Wildman–Crippen LogP) is 0.903. The zero-order valence-corrected chi connectivity index (χ0v) is 9.05. The second-order valence-electron chi connectivity index (χ2n) is 2.89. The molecule has 0 amide bonds. The number of para-hydroxylation sites is 1. The van der Waals surface area contributed by atoms with E-state index in [2.05, 4.69) is 0 Å². The third-order valence-electron chi connectivity index (χ3n) is 1.85. The molecule has 0 aromatic heterocycles. The number of nitrogens with two attached hydrogens (primary N) is 1. The summed E-state index contributed by atoms with van der Waals surface area (Å²) in [5.74, 6) is 1.84. The van der Waals surface area contributed by atoms with E-state index in [0.29, 0.717) is 18.1 Å². The summed E-state index contributed by atoms with van der Waals surface area (Å²) < 4.78 is 16.6. The summed E-state index contributed by atoms with van der Waals surface area (Å²) in [6.07, 6.45) is 0. The predicted molar refractivity (Wildman–Crippen MR) is 58.8 cm³/mol. The summed E-state index contributed by atoms with van der Waals surface area (Å²) in [7, 11) is 0.728. The van der Waals surface area contributed by atoms with Gasteiger partial charge in [-0.05, 0) is 6.07 Å². The molecule has 3 nitrogen and oxygen atoms in total. The van der Waals surface area contributed by atoms with Crippen molar-refractivity contribution in [3.8, 4) is 5.75 Å². The van der Waals surface area contributed by atoms with Gasteiger partial charge in [-0.1, -0.05) is 18.2 Å². The molecule has 0 bridgehead atoms. The summed E-state index contributed by atoms with van der Waals surface area (Å²) in [5.41, 5.74) is 6.30. The molecule has 0 saturated heterocycles. The highest BCUT2D eigenvalue weighted by molar-refractivity contribution is 7.84. The minimum Gasteiger partial charge on any atom is -0.496 e. The Morgan fingerprint density at radius 2 is 2.14 bits per heavy atom. The summed E-state index contributed by atoms with van der Waals surface area (Å²) in [6.45, 7) is 0.460. The molecule has 0 heterocycles. The molecular weight excluding hydrogens is 198 g/mol. The Labute approximate surface area is 86.7 Å². The Kier molecular flexibility index (Phi) is 4.62.